The zero-order valence-electron chi connectivity index (χ0n) is 20.6. The highest BCUT2D eigenvalue weighted by molar-refractivity contribution is 5.73. The summed E-state index contributed by atoms with van der Waals surface area (Å²) in [5, 5.41) is 11.5. The summed E-state index contributed by atoms with van der Waals surface area (Å²) in [5.41, 5.74) is 1.31. The van der Waals surface area contributed by atoms with E-state index >= 15 is 0 Å². The molecule has 1 saturated carbocycles. The number of hydrogen-bond acceptors (Lipinski definition) is 7. The normalized spacial score (nSPS) is 18.6. The average Bonchev–Trinajstić information content (AvgIpc) is 3.28. The summed E-state index contributed by atoms with van der Waals surface area (Å²) in [6.45, 7) is 7.48. The highest BCUT2D eigenvalue weighted by Crippen LogP contribution is 2.34. The highest BCUT2D eigenvalue weighted by Gasteiger charge is 2.33. The van der Waals surface area contributed by atoms with Crippen LogP contribution in [0.5, 0.6) is 0 Å². The molecule has 11 heteroatoms. The predicted molar refractivity (Wildman–Crippen MR) is 127 cm³/mol. The Morgan fingerprint density at radius 3 is 2.50 bits per heavy atom. The van der Waals surface area contributed by atoms with Crippen molar-refractivity contribution in [3.8, 4) is 11.3 Å². The van der Waals surface area contributed by atoms with Gasteiger partial charge in [0.25, 0.3) is 0 Å². The number of benzene rings is 1. The van der Waals surface area contributed by atoms with Gasteiger partial charge in [-0.25, -0.2) is 14.6 Å². The van der Waals surface area contributed by atoms with Crippen LogP contribution >= 0.6 is 0 Å². The summed E-state index contributed by atoms with van der Waals surface area (Å²) >= 11 is 0. The molecule has 1 aliphatic rings. The zero-order chi connectivity index (χ0) is 26.1. The molecule has 0 atom stereocenters. The summed E-state index contributed by atoms with van der Waals surface area (Å²) in [6, 6.07) is 6.43. The number of carbonyl (C=O) groups is 1. The van der Waals surface area contributed by atoms with E-state index in [-0.39, 0.29) is 23.9 Å². The topological polar surface area (TPSA) is 94.8 Å². The predicted octanol–water partition coefficient (Wildman–Crippen LogP) is 5.88. The molecule has 192 valence electrons. The smallest absolute Gasteiger partial charge is 0.433 e. The minimum atomic E-state index is -4.55. The minimum absolute atomic E-state index is 0.105. The first-order valence-electron chi connectivity index (χ1n) is 11.8. The third-order valence-corrected chi connectivity index (χ3v) is 5.90. The van der Waals surface area contributed by atoms with E-state index < -0.39 is 17.5 Å². The first-order valence-corrected chi connectivity index (χ1v) is 11.8. The number of alkyl halides is 3. The number of nitrogens with zero attached hydrogens (tertiary/aromatic N) is 5. The van der Waals surface area contributed by atoms with Crippen molar-refractivity contribution in [3.05, 3.63) is 47.9 Å². The fraction of sp³-hybridized carbons (Fsp3) is 0.480. The maximum Gasteiger partial charge on any atom is 0.433 e. The number of carbonyl (C=O) groups excluding carboxylic acids is 1. The van der Waals surface area contributed by atoms with Gasteiger partial charge in [0.15, 0.2) is 0 Å². The molecule has 0 bridgehead atoms. The lowest BCUT2D eigenvalue weighted by atomic mass is 9.86. The van der Waals surface area contributed by atoms with Gasteiger partial charge in [0.1, 0.15) is 17.0 Å². The molecule has 0 amide bonds. The number of aromatic nitrogens is 5. The number of nitrogens with one attached hydrogen (secondary N) is 1. The van der Waals surface area contributed by atoms with E-state index in [0.717, 1.165) is 49.1 Å². The van der Waals surface area contributed by atoms with Gasteiger partial charge >= 0.3 is 12.1 Å². The van der Waals surface area contributed by atoms with Gasteiger partial charge in [-0.2, -0.15) is 13.2 Å². The highest BCUT2D eigenvalue weighted by atomic mass is 19.4. The molecule has 2 aromatic heterocycles. The molecular weight excluding hydrogens is 473 g/mol. The lowest BCUT2D eigenvalue weighted by molar-refractivity contribution is -0.161. The monoisotopic (exact) mass is 502 g/mol. The summed E-state index contributed by atoms with van der Waals surface area (Å²) in [5.74, 6) is -0.400. The molecule has 1 fully saturated rings. The van der Waals surface area contributed by atoms with Gasteiger partial charge in [-0.3, -0.25) is 4.79 Å². The molecule has 4 rings (SSSR count). The fourth-order valence-corrected chi connectivity index (χ4v) is 4.26. The van der Waals surface area contributed by atoms with Gasteiger partial charge in [-0.05, 0) is 83.2 Å². The quantitative estimate of drug-likeness (QED) is 0.436. The second-order valence-corrected chi connectivity index (χ2v) is 10.1. The molecule has 0 unspecified atom stereocenters. The van der Waals surface area contributed by atoms with Crippen molar-refractivity contribution < 1.29 is 22.7 Å². The van der Waals surface area contributed by atoms with Crippen LogP contribution in [0.15, 0.2) is 36.7 Å². The number of esters is 1. The molecule has 1 aliphatic carbocycles. The van der Waals surface area contributed by atoms with Crippen molar-refractivity contribution in [2.24, 2.45) is 5.92 Å². The fourth-order valence-electron chi connectivity index (χ4n) is 4.26. The molecule has 8 nitrogen and oxygen atoms in total. The summed E-state index contributed by atoms with van der Waals surface area (Å²) in [7, 11) is 0. The molecule has 1 aromatic carbocycles. The van der Waals surface area contributed by atoms with Crippen LogP contribution < -0.4 is 5.32 Å². The van der Waals surface area contributed by atoms with Crippen molar-refractivity contribution in [1.82, 2.24) is 25.0 Å². The molecular formula is C25H29F3N6O2. The Morgan fingerprint density at radius 2 is 1.83 bits per heavy atom. The van der Waals surface area contributed by atoms with E-state index in [1.807, 2.05) is 44.6 Å². The van der Waals surface area contributed by atoms with Gasteiger partial charge in [-0.1, -0.05) is 5.21 Å². The number of aryl methyl sites for hydroxylation is 1. The maximum absolute atomic E-state index is 13.0. The molecule has 3 aromatic rings. The zero-order valence-corrected chi connectivity index (χ0v) is 20.6. The average molecular weight is 503 g/mol. The molecule has 1 N–H and O–H groups in total. The maximum atomic E-state index is 13.0. The van der Waals surface area contributed by atoms with Crippen LogP contribution in [0.3, 0.4) is 0 Å². The Morgan fingerprint density at radius 1 is 1.11 bits per heavy atom. The van der Waals surface area contributed by atoms with Crippen molar-refractivity contribution >= 4 is 17.6 Å². The van der Waals surface area contributed by atoms with Crippen LogP contribution in [0.2, 0.25) is 0 Å². The van der Waals surface area contributed by atoms with Crippen LogP contribution in [0.25, 0.3) is 11.3 Å². The standard InChI is InChI=1S/C25H29F3N6O2/c1-15-11-17(13-18(12-15)30-23-29-10-9-21(31-23)25(26,27)28)20-14-34(33-32-20)19-7-5-16(6-8-19)22(35)36-24(2,3)4/h9-14,16,19H,5-8H2,1-4H3,(H,29,30,31). The first kappa shape index (κ1) is 25.6. The molecule has 36 heavy (non-hydrogen) atoms. The largest absolute Gasteiger partial charge is 0.460 e. The van der Waals surface area contributed by atoms with Crippen molar-refractivity contribution in [2.45, 2.75) is 71.2 Å². The third kappa shape index (κ3) is 6.38. The Bertz CT molecular complexity index is 1230. The molecule has 0 aliphatic heterocycles. The molecule has 0 saturated heterocycles. The second kappa shape index (κ2) is 9.87. The minimum Gasteiger partial charge on any atom is -0.460 e. The summed E-state index contributed by atoms with van der Waals surface area (Å²) in [4.78, 5) is 19.8. The number of ether oxygens (including phenoxy) is 1. The van der Waals surface area contributed by atoms with E-state index in [1.54, 1.807) is 12.1 Å². The van der Waals surface area contributed by atoms with E-state index in [9.17, 15) is 18.0 Å². The molecule has 0 spiro atoms. The van der Waals surface area contributed by atoms with Crippen LogP contribution in [0.4, 0.5) is 24.8 Å². The van der Waals surface area contributed by atoms with Gasteiger partial charge in [-0.15, -0.1) is 5.10 Å². The van der Waals surface area contributed by atoms with Gasteiger partial charge in [0, 0.05) is 17.4 Å². The van der Waals surface area contributed by atoms with Crippen LogP contribution in [-0.4, -0.2) is 36.5 Å². The van der Waals surface area contributed by atoms with E-state index in [1.165, 1.54) is 0 Å². The van der Waals surface area contributed by atoms with Crippen molar-refractivity contribution in [3.63, 3.8) is 0 Å². The van der Waals surface area contributed by atoms with Crippen molar-refractivity contribution in [2.75, 3.05) is 5.32 Å². The van der Waals surface area contributed by atoms with Crippen molar-refractivity contribution in [1.29, 1.82) is 0 Å². The van der Waals surface area contributed by atoms with Crippen LogP contribution in [-0.2, 0) is 15.7 Å². The van der Waals surface area contributed by atoms with E-state index in [2.05, 4.69) is 25.6 Å². The number of anilines is 2. The van der Waals surface area contributed by atoms with Gasteiger partial charge in [0.2, 0.25) is 5.95 Å². The number of rotatable bonds is 5. The lowest BCUT2D eigenvalue weighted by Gasteiger charge is -2.29. The molecule has 0 radical (unpaired) electrons. The molecule has 2 heterocycles. The third-order valence-electron chi connectivity index (χ3n) is 5.90. The number of halogens is 3. The Kier molecular flexibility index (Phi) is 7.01. The Balaban J connectivity index is 1.45. The van der Waals surface area contributed by atoms with Gasteiger partial charge in [0.05, 0.1) is 18.2 Å². The SMILES string of the molecule is Cc1cc(Nc2nccc(C(F)(F)F)n2)cc(-c2cn(C3CCC(C(=O)OC(C)(C)C)CC3)nn2)c1. The van der Waals surface area contributed by atoms with Gasteiger partial charge < -0.3 is 10.1 Å². The van der Waals surface area contributed by atoms with E-state index in [0.29, 0.717) is 11.4 Å². The lowest BCUT2D eigenvalue weighted by Crippen LogP contribution is -2.31. The summed E-state index contributed by atoms with van der Waals surface area (Å²) < 4.78 is 46.3. The Labute approximate surface area is 207 Å². The summed E-state index contributed by atoms with van der Waals surface area (Å²) in [6.07, 6.45) is 1.41. The van der Waals surface area contributed by atoms with Crippen LogP contribution in [0, 0.1) is 12.8 Å². The second-order valence-electron chi connectivity index (χ2n) is 10.1. The number of hydrogen-bond donors (Lipinski definition) is 1. The van der Waals surface area contributed by atoms with Crippen LogP contribution in [0.1, 0.15) is 63.8 Å². The Hall–Kier alpha value is -3.50. The first-order chi connectivity index (χ1) is 16.9. The van der Waals surface area contributed by atoms with E-state index in [4.69, 9.17) is 4.74 Å².